The van der Waals surface area contributed by atoms with E-state index in [0.717, 1.165) is 67.3 Å². The van der Waals surface area contributed by atoms with E-state index in [1.165, 1.54) is 7.11 Å². The summed E-state index contributed by atoms with van der Waals surface area (Å²) in [5, 5.41) is 13.8. The molecule has 2 N–H and O–H groups in total. The lowest BCUT2D eigenvalue weighted by Crippen LogP contribution is -2.37. The number of piperidine rings is 1. The van der Waals surface area contributed by atoms with Gasteiger partial charge in [-0.25, -0.2) is 23.7 Å². The summed E-state index contributed by atoms with van der Waals surface area (Å²) in [5.74, 6) is -0.217. The predicted octanol–water partition coefficient (Wildman–Crippen LogP) is 7.92. The second kappa shape index (κ2) is 17.7. The molecule has 0 bridgehead atoms. The highest BCUT2D eigenvalue weighted by atomic mass is 35.5. The third-order valence-corrected chi connectivity index (χ3v) is 11.5. The van der Waals surface area contributed by atoms with Crippen LogP contribution in [-0.2, 0) is 22.6 Å². The minimum Gasteiger partial charge on any atom is -0.480 e. The molecule has 0 radical (unpaired) electrons. The van der Waals surface area contributed by atoms with Crippen LogP contribution >= 0.6 is 11.6 Å². The van der Waals surface area contributed by atoms with Gasteiger partial charge in [-0.1, -0.05) is 41.9 Å². The van der Waals surface area contributed by atoms with E-state index in [4.69, 9.17) is 31.0 Å². The molecule has 1 saturated heterocycles. The Bertz CT molecular complexity index is 2240. The molecular weight excluding hydrogens is 754 g/mol. The molecule has 0 unspecified atom stereocenters. The molecule has 1 atom stereocenters. The summed E-state index contributed by atoms with van der Waals surface area (Å²) >= 11 is 7.15. The lowest BCUT2D eigenvalue weighted by molar-refractivity contribution is -0.146. The van der Waals surface area contributed by atoms with Crippen LogP contribution in [0.2, 0.25) is 5.02 Å². The number of fused-ring (bicyclic) bond motifs is 1. The van der Waals surface area contributed by atoms with Gasteiger partial charge in [0.05, 0.1) is 48.7 Å². The number of benzene rings is 2. The highest BCUT2D eigenvalue weighted by Gasteiger charge is 2.30. The second-order valence-electron chi connectivity index (χ2n) is 14.9. The summed E-state index contributed by atoms with van der Waals surface area (Å²) < 4.78 is 38.9. The number of carbonyl (C=O) groups is 1. The van der Waals surface area contributed by atoms with Crippen LogP contribution in [0.5, 0.6) is 5.88 Å². The molecule has 0 spiro atoms. The molecule has 0 amide bonds. The molecule has 2 fully saturated rings. The predicted molar refractivity (Wildman–Crippen MR) is 215 cm³/mol. The van der Waals surface area contributed by atoms with Gasteiger partial charge < -0.3 is 19.9 Å². The van der Waals surface area contributed by atoms with Gasteiger partial charge in [-0.2, -0.15) is 0 Å². The van der Waals surface area contributed by atoms with Crippen molar-refractivity contribution >= 4 is 40.1 Å². The molecule has 4 heterocycles. The Morgan fingerprint density at radius 3 is 2.51 bits per heavy atom. The number of nitrogens with zero attached hydrogens (tertiary/aromatic N) is 7. The van der Waals surface area contributed by atoms with E-state index < -0.39 is 12.2 Å². The van der Waals surface area contributed by atoms with E-state index in [-0.39, 0.29) is 23.8 Å². The first-order valence-electron chi connectivity index (χ1n) is 19.2. The van der Waals surface area contributed by atoms with Crippen molar-refractivity contribution < 1.29 is 28.2 Å². The van der Waals surface area contributed by atoms with Crippen molar-refractivity contribution in [1.29, 1.82) is 0 Å². The first-order chi connectivity index (χ1) is 27.5. The standard InChI is InChI=1S/C42H47ClF2N8O4/c1-24-29(9-6-12-32(24)48-39-37-33(49-40(51-39)38(44)45)18-25(19-47-37)21-53-17-7-8-28(54)22-53)30-10-5-11-31(36(30)43)34-20-46-35(41(50-34)56-3)23-52(2)27-15-13-26(14-16-27)42(55)57-4/h5-6,9-12,18-20,26-28,38,54H,7-8,13-17,21-23H2,1-4H3,(H,48,49,51)/t26?,27?,28-/m0/s1. The van der Waals surface area contributed by atoms with Crippen molar-refractivity contribution in [1.82, 2.24) is 34.7 Å². The van der Waals surface area contributed by atoms with Gasteiger partial charge >= 0.3 is 5.97 Å². The van der Waals surface area contributed by atoms with Gasteiger partial charge in [-0.05, 0) is 87.9 Å². The zero-order valence-corrected chi connectivity index (χ0v) is 33.3. The molecule has 12 nitrogen and oxygen atoms in total. The van der Waals surface area contributed by atoms with Gasteiger partial charge in [-0.15, -0.1) is 0 Å². The smallest absolute Gasteiger partial charge is 0.308 e. The van der Waals surface area contributed by atoms with E-state index in [0.29, 0.717) is 70.3 Å². The quantitative estimate of drug-likeness (QED) is 0.119. The summed E-state index contributed by atoms with van der Waals surface area (Å²) in [6, 6.07) is 13.4. The number of methoxy groups -OCH3 is 2. The van der Waals surface area contributed by atoms with Gasteiger partial charge in [0.1, 0.15) is 11.2 Å². The number of alkyl halides is 2. The van der Waals surface area contributed by atoms with Crippen molar-refractivity contribution in [2.45, 2.75) is 77.1 Å². The number of aliphatic hydroxyl groups is 1. The van der Waals surface area contributed by atoms with Crippen LogP contribution in [0.15, 0.2) is 54.9 Å². The number of aromatic nitrogens is 5. The third-order valence-electron chi connectivity index (χ3n) is 11.1. The summed E-state index contributed by atoms with van der Waals surface area (Å²) in [7, 11) is 5.06. The Kier molecular flexibility index (Phi) is 12.5. The first-order valence-corrected chi connectivity index (χ1v) is 19.6. The molecule has 1 aliphatic heterocycles. The molecular formula is C42H47ClF2N8O4. The van der Waals surface area contributed by atoms with Gasteiger partial charge in [0.25, 0.3) is 6.43 Å². The number of hydrogen-bond acceptors (Lipinski definition) is 12. The van der Waals surface area contributed by atoms with Crippen LogP contribution in [0.25, 0.3) is 33.4 Å². The summed E-state index contributed by atoms with van der Waals surface area (Å²) in [6.45, 7) is 4.36. The number of carbonyl (C=O) groups excluding carboxylic acids is 1. The van der Waals surface area contributed by atoms with Gasteiger partial charge in [0, 0.05) is 48.7 Å². The maximum Gasteiger partial charge on any atom is 0.308 e. The van der Waals surface area contributed by atoms with Gasteiger partial charge in [0.15, 0.2) is 11.6 Å². The van der Waals surface area contributed by atoms with Gasteiger partial charge in [-0.3, -0.25) is 24.6 Å². The number of halogens is 3. The topological polar surface area (TPSA) is 139 Å². The van der Waals surface area contributed by atoms with E-state index in [1.807, 2.05) is 50.4 Å². The van der Waals surface area contributed by atoms with E-state index >= 15 is 0 Å². The minimum absolute atomic E-state index is 0.0466. The third kappa shape index (κ3) is 8.99. The fourth-order valence-electron chi connectivity index (χ4n) is 7.99. The van der Waals surface area contributed by atoms with Crippen molar-refractivity contribution in [3.8, 4) is 28.3 Å². The number of esters is 1. The molecule has 15 heteroatoms. The number of nitrogens with one attached hydrogen (secondary N) is 1. The van der Waals surface area contributed by atoms with Crippen LogP contribution in [0.3, 0.4) is 0 Å². The fourth-order valence-corrected chi connectivity index (χ4v) is 8.32. The van der Waals surface area contributed by atoms with Crippen LogP contribution in [0, 0.1) is 12.8 Å². The summed E-state index contributed by atoms with van der Waals surface area (Å²) in [4.78, 5) is 38.9. The largest absolute Gasteiger partial charge is 0.480 e. The Morgan fingerprint density at radius 1 is 1.02 bits per heavy atom. The van der Waals surface area contributed by atoms with Crippen molar-refractivity contribution in [2.75, 3.05) is 39.7 Å². The number of β-amino-alcohol motifs (C(OH)–C–C–N with tert-alkyl or cyclic N) is 1. The molecule has 300 valence electrons. The monoisotopic (exact) mass is 800 g/mol. The molecule has 1 saturated carbocycles. The number of pyridine rings is 1. The lowest BCUT2D eigenvalue weighted by atomic mass is 9.85. The van der Waals surface area contributed by atoms with Crippen LogP contribution < -0.4 is 10.1 Å². The van der Waals surface area contributed by atoms with E-state index in [2.05, 4.69) is 30.1 Å². The molecule has 3 aromatic heterocycles. The maximum atomic E-state index is 14.1. The second-order valence-corrected chi connectivity index (χ2v) is 15.3. The number of hydrogen-bond donors (Lipinski definition) is 2. The number of anilines is 2. The molecule has 2 aliphatic rings. The number of aliphatic hydroxyl groups excluding tert-OH is 1. The van der Waals surface area contributed by atoms with E-state index in [9.17, 15) is 18.7 Å². The molecule has 57 heavy (non-hydrogen) atoms. The Hall–Kier alpha value is -4.89. The molecule has 2 aromatic carbocycles. The van der Waals surface area contributed by atoms with Crippen molar-refractivity contribution in [2.24, 2.45) is 5.92 Å². The zero-order valence-electron chi connectivity index (χ0n) is 32.5. The van der Waals surface area contributed by atoms with Crippen LogP contribution in [0.4, 0.5) is 20.3 Å². The number of ether oxygens (including phenoxy) is 2. The lowest BCUT2D eigenvalue weighted by Gasteiger charge is -2.33. The van der Waals surface area contributed by atoms with Crippen molar-refractivity contribution in [3.63, 3.8) is 0 Å². The highest BCUT2D eigenvalue weighted by molar-refractivity contribution is 6.36. The van der Waals surface area contributed by atoms with Crippen LogP contribution in [0.1, 0.15) is 67.6 Å². The Labute approximate surface area is 335 Å². The summed E-state index contributed by atoms with van der Waals surface area (Å²) in [6.07, 6.45) is 5.15. The average Bonchev–Trinajstić information content (AvgIpc) is 3.21. The molecule has 1 aliphatic carbocycles. The normalized spacial score (nSPS) is 18.9. The Morgan fingerprint density at radius 2 is 1.77 bits per heavy atom. The fraction of sp³-hybridized carbons (Fsp3) is 0.429. The first kappa shape index (κ1) is 40.3. The summed E-state index contributed by atoms with van der Waals surface area (Å²) in [5.41, 5.74) is 6.40. The molecule has 5 aromatic rings. The highest BCUT2D eigenvalue weighted by Crippen LogP contribution is 2.40. The SMILES string of the molecule is COC(=O)C1CCC(N(C)Cc2ncc(-c3cccc(-c4cccc(Nc5nc(C(F)F)nc6cc(CN7CCC[C@H](O)C7)cnc56)c4C)c3Cl)nc2OC)CC1. The average molecular weight is 801 g/mol. The number of rotatable bonds is 12. The zero-order chi connectivity index (χ0) is 40.2. The van der Waals surface area contributed by atoms with E-state index in [1.54, 1.807) is 25.6 Å². The number of likely N-dealkylation sites (tertiary alicyclic amines) is 1. The minimum atomic E-state index is -2.89. The maximum absolute atomic E-state index is 14.1. The van der Waals surface area contributed by atoms with Crippen LogP contribution in [-0.4, -0.2) is 92.3 Å². The molecule has 7 rings (SSSR count). The Balaban J connectivity index is 1.13. The van der Waals surface area contributed by atoms with Crippen molar-refractivity contribution in [3.05, 3.63) is 82.5 Å². The van der Waals surface area contributed by atoms with Gasteiger partial charge in [0.2, 0.25) is 5.88 Å².